The van der Waals surface area contributed by atoms with E-state index in [1.54, 1.807) is 31.2 Å². The average molecular weight is 368 g/mol. The van der Waals surface area contributed by atoms with Gasteiger partial charge in [-0.25, -0.2) is 0 Å². The van der Waals surface area contributed by atoms with Crippen LogP contribution in [-0.2, 0) is 0 Å². The monoisotopic (exact) mass is 368 g/mol. The average Bonchev–Trinajstić information content (AvgIpc) is 2.66. The van der Waals surface area contributed by atoms with Gasteiger partial charge in [-0.2, -0.15) is 5.26 Å². The van der Waals surface area contributed by atoms with Crippen LogP contribution in [0.4, 0.5) is 0 Å². The third-order valence-electron chi connectivity index (χ3n) is 4.57. The Morgan fingerprint density at radius 2 is 2.07 bits per heavy atom. The van der Waals surface area contributed by atoms with Crippen LogP contribution in [0.1, 0.15) is 66.7 Å². The van der Waals surface area contributed by atoms with Crippen molar-refractivity contribution in [3.05, 3.63) is 56.9 Å². The number of ketones is 1. The van der Waals surface area contributed by atoms with Crippen molar-refractivity contribution in [3.8, 4) is 17.7 Å². The molecule has 0 saturated carbocycles. The summed E-state index contributed by atoms with van der Waals surface area (Å²) in [6.45, 7) is 7.63. The Kier molecular flexibility index (Phi) is 6.40. The molecular formula is C21H24N2O4. The third-order valence-corrected chi connectivity index (χ3v) is 4.57. The van der Waals surface area contributed by atoms with Gasteiger partial charge in [-0.1, -0.05) is 26.0 Å². The molecular weight excluding hydrogens is 344 g/mol. The lowest BCUT2D eigenvalue weighted by Gasteiger charge is -2.19. The smallest absolute Gasteiger partial charge is 0.271 e. The maximum absolute atomic E-state index is 13.1. The molecule has 1 atom stereocenters. The highest BCUT2D eigenvalue weighted by Gasteiger charge is 2.26. The molecule has 0 aliphatic carbocycles. The highest BCUT2D eigenvalue weighted by Crippen LogP contribution is 2.28. The number of hydrogen-bond acceptors (Lipinski definition) is 5. The number of nitrogens with zero attached hydrogens (tertiary/aromatic N) is 2. The molecule has 1 aromatic heterocycles. The second kappa shape index (κ2) is 8.54. The highest BCUT2D eigenvalue weighted by atomic mass is 16.5. The summed E-state index contributed by atoms with van der Waals surface area (Å²) in [4.78, 5) is 25.7. The molecule has 0 amide bonds. The van der Waals surface area contributed by atoms with Gasteiger partial charge >= 0.3 is 0 Å². The lowest BCUT2D eigenvalue weighted by Crippen LogP contribution is -2.28. The van der Waals surface area contributed by atoms with Crippen molar-refractivity contribution in [2.75, 3.05) is 6.61 Å². The van der Waals surface area contributed by atoms with Gasteiger partial charge in [-0.3, -0.25) is 14.2 Å². The normalized spacial score (nSPS) is 11.7. The van der Waals surface area contributed by atoms with E-state index in [2.05, 4.69) is 0 Å². The van der Waals surface area contributed by atoms with Gasteiger partial charge in [0.25, 0.3) is 5.56 Å². The van der Waals surface area contributed by atoms with Crippen LogP contribution in [0, 0.1) is 18.3 Å². The molecule has 0 radical (unpaired) electrons. The highest BCUT2D eigenvalue weighted by molar-refractivity contribution is 6.11. The number of aromatic nitrogens is 1. The van der Waals surface area contributed by atoms with E-state index in [0.29, 0.717) is 24.3 Å². The van der Waals surface area contributed by atoms with Crippen LogP contribution < -0.4 is 10.3 Å². The van der Waals surface area contributed by atoms with Crippen molar-refractivity contribution in [1.82, 2.24) is 4.57 Å². The maximum Gasteiger partial charge on any atom is 0.271 e. The molecule has 1 aromatic carbocycles. The van der Waals surface area contributed by atoms with Gasteiger partial charge < -0.3 is 9.84 Å². The number of pyridine rings is 1. The van der Waals surface area contributed by atoms with Crippen LogP contribution in [-0.4, -0.2) is 22.1 Å². The van der Waals surface area contributed by atoms with Crippen LogP contribution in [0.5, 0.6) is 11.6 Å². The first kappa shape index (κ1) is 20.2. The largest absolute Gasteiger partial charge is 0.494 e. The van der Waals surface area contributed by atoms with Gasteiger partial charge in [-0.15, -0.1) is 0 Å². The zero-order valence-corrected chi connectivity index (χ0v) is 16.1. The van der Waals surface area contributed by atoms with Gasteiger partial charge in [0.05, 0.1) is 12.2 Å². The van der Waals surface area contributed by atoms with Crippen LogP contribution in [0.2, 0.25) is 0 Å². The van der Waals surface area contributed by atoms with Gasteiger partial charge in [0.2, 0.25) is 5.88 Å². The van der Waals surface area contributed by atoms with E-state index in [1.807, 2.05) is 19.9 Å². The van der Waals surface area contributed by atoms with Crippen molar-refractivity contribution in [2.45, 2.75) is 46.6 Å². The quantitative estimate of drug-likeness (QED) is 0.752. The SMILES string of the molecule is CCCOc1cccc(C(=O)c2c(C)c(C#N)c(=O)n(C(C)CC)c2O)c1. The Bertz CT molecular complexity index is 954. The molecule has 2 aromatic rings. The van der Waals surface area contributed by atoms with Crippen LogP contribution in [0.25, 0.3) is 0 Å². The van der Waals surface area contributed by atoms with Gasteiger partial charge in [0, 0.05) is 11.6 Å². The summed E-state index contributed by atoms with van der Waals surface area (Å²) in [5.74, 6) is -0.313. The molecule has 0 spiro atoms. The van der Waals surface area contributed by atoms with Crippen molar-refractivity contribution in [2.24, 2.45) is 0 Å². The predicted molar refractivity (Wildman–Crippen MR) is 102 cm³/mol. The summed E-state index contributed by atoms with van der Waals surface area (Å²) in [5.41, 5.74) is -0.239. The van der Waals surface area contributed by atoms with Crippen LogP contribution in [0.15, 0.2) is 29.1 Å². The van der Waals surface area contributed by atoms with E-state index < -0.39 is 17.2 Å². The molecule has 0 bridgehead atoms. The Hall–Kier alpha value is -3.07. The van der Waals surface area contributed by atoms with E-state index in [0.717, 1.165) is 11.0 Å². The zero-order valence-electron chi connectivity index (χ0n) is 16.1. The molecule has 27 heavy (non-hydrogen) atoms. The second-order valence-corrected chi connectivity index (χ2v) is 6.45. The number of carbonyl (C=O) groups excluding carboxylic acids is 1. The molecule has 1 N–H and O–H groups in total. The number of rotatable bonds is 7. The minimum Gasteiger partial charge on any atom is -0.494 e. The van der Waals surface area contributed by atoms with Crippen molar-refractivity contribution >= 4 is 5.78 Å². The van der Waals surface area contributed by atoms with E-state index in [4.69, 9.17) is 4.74 Å². The molecule has 1 heterocycles. The van der Waals surface area contributed by atoms with Crippen molar-refractivity contribution < 1.29 is 14.6 Å². The number of ether oxygens (including phenoxy) is 1. The fourth-order valence-electron chi connectivity index (χ4n) is 2.88. The molecule has 0 aliphatic heterocycles. The standard InChI is InChI=1S/C21H24N2O4/c1-5-10-27-16-9-7-8-15(11-16)19(24)18-14(4)17(12-22)20(25)23(21(18)26)13(3)6-2/h7-9,11,13,26H,5-6,10H2,1-4H3. The van der Waals surface area contributed by atoms with Gasteiger partial charge in [0.15, 0.2) is 5.78 Å². The Labute approximate surface area is 158 Å². The zero-order chi connectivity index (χ0) is 20.1. The first-order chi connectivity index (χ1) is 12.9. The third kappa shape index (κ3) is 3.87. The predicted octanol–water partition coefficient (Wildman–Crippen LogP) is 3.72. The van der Waals surface area contributed by atoms with Crippen LogP contribution in [0.3, 0.4) is 0 Å². The first-order valence-electron chi connectivity index (χ1n) is 9.02. The topological polar surface area (TPSA) is 92.3 Å². The summed E-state index contributed by atoms with van der Waals surface area (Å²) >= 11 is 0. The molecule has 142 valence electrons. The Balaban J connectivity index is 2.66. The number of hydrogen-bond donors (Lipinski definition) is 1. The van der Waals surface area contributed by atoms with Gasteiger partial charge in [-0.05, 0) is 44.4 Å². The lowest BCUT2D eigenvalue weighted by molar-refractivity contribution is 0.103. The summed E-state index contributed by atoms with van der Waals surface area (Å²) in [6.07, 6.45) is 1.40. The Morgan fingerprint density at radius 3 is 2.67 bits per heavy atom. The maximum atomic E-state index is 13.1. The lowest BCUT2D eigenvalue weighted by atomic mass is 9.96. The molecule has 1 unspecified atom stereocenters. The molecule has 6 nitrogen and oxygen atoms in total. The summed E-state index contributed by atoms with van der Waals surface area (Å²) in [6, 6.07) is 8.18. The number of nitriles is 1. The van der Waals surface area contributed by atoms with E-state index in [-0.39, 0.29) is 22.7 Å². The molecule has 2 rings (SSSR count). The number of carbonyl (C=O) groups is 1. The Morgan fingerprint density at radius 1 is 1.37 bits per heavy atom. The number of aromatic hydroxyl groups is 1. The van der Waals surface area contributed by atoms with Crippen LogP contribution >= 0.6 is 0 Å². The van der Waals surface area contributed by atoms with Gasteiger partial charge in [0.1, 0.15) is 17.4 Å². The fraction of sp³-hybridized carbons (Fsp3) is 0.381. The minimum atomic E-state index is -0.585. The van der Waals surface area contributed by atoms with E-state index >= 15 is 0 Å². The molecule has 6 heteroatoms. The molecule has 0 fully saturated rings. The summed E-state index contributed by atoms with van der Waals surface area (Å²) < 4.78 is 6.68. The minimum absolute atomic E-state index is 0.0286. The molecule has 0 aliphatic rings. The summed E-state index contributed by atoms with van der Waals surface area (Å²) in [7, 11) is 0. The first-order valence-corrected chi connectivity index (χ1v) is 9.02. The second-order valence-electron chi connectivity index (χ2n) is 6.45. The number of benzene rings is 1. The summed E-state index contributed by atoms with van der Waals surface area (Å²) in [5, 5.41) is 20.1. The van der Waals surface area contributed by atoms with E-state index in [9.17, 15) is 20.0 Å². The van der Waals surface area contributed by atoms with E-state index in [1.165, 1.54) is 6.92 Å². The van der Waals surface area contributed by atoms with Crippen molar-refractivity contribution in [1.29, 1.82) is 5.26 Å². The molecule has 0 saturated heterocycles. The van der Waals surface area contributed by atoms with Crippen molar-refractivity contribution in [3.63, 3.8) is 0 Å². The fourth-order valence-corrected chi connectivity index (χ4v) is 2.88.